The molecule has 2 heterocycles. The van der Waals surface area contributed by atoms with E-state index in [-0.39, 0.29) is 18.0 Å². The molecule has 7 nitrogen and oxygen atoms in total. The normalized spacial score (nSPS) is 16.4. The molecule has 0 spiro atoms. The summed E-state index contributed by atoms with van der Waals surface area (Å²) in [7, 11) is 1.79. The lowest BCUT2D eigenvalue weighted by molar-refractivity contribution is 0.000552. The number of rotatable bonds is 5. The monoisotopic (exact) mass is 500 g/mol. The molecule has 7 heteroatoms. The van der Waals surface area contributed by atoms with Gasteiger partial charge >= 0.3 is 6.09 Å². The molecule has 1 aliphatic rings. The van der Waals surface area contributed by atoms with E-state index in [0.29, 0.717) is 12.1 Å². The summed E-state index contributed by atoms with van der Waals surface area (Å²) < 4.78 is 5.55. The Balaban J connectivity index is 1.33. The van der Waals surface area contributed by atoms with Gasteiger partial charge in [0.05, 0.1) is 5.69 Å². The van der Waals surface area contributed by atoms with Gasteiger partial charge in [-0.1, -0.05) is 30.3 Å². The van der Waals surface area contributed by atoms with E-state index >= 15 is 0 Å². The van der Waals surface area contributed by atoms with Gasteiger partial charge in [-0.3, -0.25) is 14.7 Å². The number of aromatic nitrogens is 1. The Kier molecular flexibility index (Phi) is 7.93. The highest BCUT2D eigenvalue weighted by molar-refractivity contribution is 6.05. The molecule has 0 aliphatic carbocycles. The second-order valence-corrected chi connectivity index (χ2v) is 10.6. The van der Waals surface area contributed by atoms with Gasteiger partial charge in [-0.25, -0.2) is 4.79 Å². The van der Waals surface area contributed by atoms with E-state index in [1.54, 1.807) is 18.1 Å². The molecule has 1 aliphatic heterocycles. The number of piperazine rings is 1. The highest BCUT2D eigenvalue weighted by atomic mass is 16.6. The van der Waals surface area contributed by atoms with Gasteiger partial charge in [0.2, 0.25) is 0 Å². The molecule has 3 aromatic rings. The SMILES string of the molecule is C[C@H]1CN(Cc2ccc(N(C)C(=O)c3ccc(-c4ccccn4)cc3)cc2)CCN1C(=O)OC(C)(C)C. The highest BCUT2D eigenvalue weighted by Gasteiger charge is 2.30. The molecule has 1 fully saturated rings. The smallest absolute Gasteiger partial charge is 0.410 e. The number of ether oxygens (including phenoxy) is 1. The van der Waals surface area contributed by atoms with Crippen molar-refractivity contribution in [2.45, 2.75) is 45.9 Å². The van der Waals surface area contributed by atoms with Gasteiger partial charge in [-0.2, -0.15) is 0 Å². The second kappa shape index (κ2) is 11.1. The van der Waals surface area contributed by atoms with Crippen molar-refractivity contribution in [2.75, 3.05) is 31.6 Å². The maximum Gasteiger partial charge on any atom is 0.410 e. The topological polar surface area (TPSA) is 66.0 Å². The minimum atomic E-state index is -0.493. The Morgan fingerprint density at radius 2 is 1.70 bits per heavy atom. The molecular weight excluding hydrogens is 464 g/mol. The van der Waals surface area contributed by atoms with E-state index in [9.17, 15) is 9.59 Å². The Morgan fingerprint density at radius 3 is 2.30 bits per heavy atom. The molecule has 2 aromatic carbocycles. The van der Waals surface area contributed by atoms with Crippen LogP contribution in [-0.4, -0.2) is 65.1 Å². The molecule has 37 heavy (non-hydrogen) atoms. The Labute approximate surface area is 219 Å². The fraction of sp³-hybridized carbons (Fsp3) is 0.367. The van der Waals surface area contributed by atoms with Crippen molar-refractivity contribution >= 4 is 17.7 Å². The lowest BCUT2D eigenvalue weighted by Gasteiger charge is -2.40. The summed E-state index contributed by atoms with van der Waals surface area (Å²) in [5.41, 5.74) is 4.00. The summed E-state index contributed by atoms with van der Waals surface area (Å²) in [6.45, 7) is 10.7. The molecule has 1 saturated heterocycles. The Hall–Kier alpha value is -3.71. The van der Waals surface area contributed by atoms with Crippen LogP contribution in [0.1, 0.15) is 43.6 Å². The van der Waals surface area contributed by atoms with Gasteiger partial charge in [0, 0.05) is 62.3 Å². The number of hydrogen-bond donors (Lipinski definition) is 0. The number of benzene rings is 2. The van der Waals surface area contributed by atoms with Crippen molar-refractivity contribution in [1.82, 2.24) is 14.8 Å². The van der Waals surface area contributed by atoms with E-state index in [4.69, 9.17) is 4.74 Å². The van der Waals surface area contributed by atoms with Crippen LogP contribution < -0.4 is 4.90 Å². The number of carbonyl (C=O) groups excluding carboxylic acids is 2. The van der Waals surface area contributed by atoms with Crippen molar-refractivity contribution in [2.24, 2.45) is 0 Å². The first-order valence-electron chi connectivity index (χ1n) is 12.7. The van der Waals surface area contributed by atoms with E-state index < -0.39 is 5.60 Å². The fourth-order valence-corrected chi connectivity index (χ4v) is 4.48. The summed E-state index contributed by atoms with van der Waals surface area (Å²) in [5, 5.41) is 0. The van der Waals surface area contributed by atoms with E-state index in [1.165, 1.54) is 5.56 Å². The maximum atomic E-state index is 13.1. The van der Waals surface area contributed by atoms with Gasteiger partial charge in [-0.15, -0.1) is 0 Å². The van der Waals surface area contributed by atoms with Crippen LogP contribution in [0.4, 0.5) is 10.5 Å². The molecule has 194 valence electrons. The summed E-state index contributed by atoms with van der Waals surface area (Å²) in [5.74, 6) is -0.0626. The van der Waals surface area contributed by atoms with Gasteiger partial charge in [0.1, 0.15) is 5.60 Å². The van der Waals surface area contributed by atoms with E-state index in [2.05, 4.69) is 28.9 Å². The fourth-order valence-electron chi connectivity index (χ4n) is 4.48. The van der Waals surface area contributed by atoms with Crippen molar-refractivity contribution < 1.29 is 14.3 Å². The highest BCUT2D eigenvalue weighted by Crippen LogP contribution is 2.22. The lowest BCUT2D eigenvalue weighted by atomic mass is 10.1. The zero-order chi connectivity index (χ0) is 26.6. The number of carbonyl (C=O) groups is 2. The molecule has 0 N–H and O–H groups in total. The Bertz CT molecular complexity index is 1200. The third-order valence-corrected chi connectivity index (χ3v) is 6.47. The lowest BCUT2D eigenvalue weighted by Crippen LogP contribution is -2.54. The van der Waals surface area contributed by atoms with Crippen LogP contribution in [0.3, 0.4) is 0 Å². The maximum absolute atomic E-state index is 13.1. The second-order valence-electron chi connectivity index (χ2n) is 10.6. The molecule has 0 radical (unpaired) electrons. The first kappa shape index (κ1) is 26.4. The van der Waals surface area contributed by atoms with Crippen molar-refractivity contribution in [1.29, 1.82) is 0 Å². The van der Waals surface area contributed by atoms with Crippen LogP contribution >= 0.6 is 0 Å². The average molecular weight is 501 g/mol. The van der Waals surface area contributed by atoms with Gasteiger partial charge in [0.25, 0.3) is 5.91 Å². The van der Waals surface area contributed by atoms with Crippen LogP contribution in [0.25, 0.3) is 11.3 Å². The van der Waals surface area contributed by atoms with Gasteiger partial charge in [-0.05, 0) is 69.7 Å². The predicted octanol–water partition coefficient (Wildman–Crippen LogP) is 5.47. The minimum absolute atomic E-state index is 0.0626. The molecule has 1 aromatic heterocycles. The zero-order valence-electron chi connectivity index (χ0n) is 22.3. The number of anilines is 1. The summed E-state index contributed by atoms with van der Waals surface area (Å²) >= 11 is 0. The number of pyridine rings is 1. The number of amides is 2. The Morgan fingerprint density at radius 1 is 1.00 bits per heavy atom. The third kappa shape index (κ3) is 6.74. The van der Waals surface area contributed by atoms with E-state index in [0.717, 1.165) is 36.6 Å². The molecule has 0 bridgehead atoms. The minimum Gasteiger partial charge on any atom is -0.444 e. The summed E-state index contributed by atoms with van der Waals surface area (Å²) in [6.07, 6.45) is 1.51. The third-order valence-electron chi connectivity index (χ3n) is 6.47. The van der Waals surface area contributed by atoms with Crippen LogP contribution in [0.15, 0.2) is 72.9 Å². The number of hydrogen-bond acceptors (Lipinski definition) is 5. The first-order chi connectivity index (χ1) is 17.6. The van der Waals surface area contributed by atoms with Gasteiger partial charge in [0.15, 0.2) is 0 Å². The van der Waals surface area contributed by atoms with Gasteiger partial charge < -0.3 is 14.5 Å². The van der Waals surface area contributed by atoms with Crippen molar-refractivity contribution in [3.63, 3.8) is 0 Å². The standard InChI is InChI=1S/C30H36N4O3/c1-22-20-33(18-19-34(22)29(36)37-30(2,3)4)21-23-9-15-26(16-10-23)32(5)28(35)25-13-11-24(12-14-25)27-8-6-7-17-31-27/h6-17,22H,18-21H2,1-5H3/t22-/m0/s1. The molecule has 2 amide bonds. The largest absolute Gasteiger partial charge is 0.444 e. The summed E-state index contributed by atoms with van der Waals surface area (Å²) in [4.78, 5) is 35.7. The quantitative estimate of drug-likeness (QED) is 0.465. The average Bonchev–Trinajstić information content (AvgIpc) is 2.88. The summed E-state index contributed by atoms with van der Waals surface area (Å²) in [6, 6.07) is 21.5. The van der Waals surface area contributed by atoms with Crippen LogP contribution in [0.2, 0.25) is 0 Å². The van der Waals surface area contributed by atoms with Crippen LogP contribution in [0, 0.1) is 0 Å². The molecule has 0 unspecified atom stereocenters. The molecular formula is C30H36N4O3. The zero-order valence-corrected chi connectivity index (χ0v) is 22.3. The molecule has 1 atom stereocenters. The van der Waals surface area contributed by atoms with Crippen LogP contribution in [0.5, 0.6) is 0 Å². The predicted molar refractivity (Wildman–Crippen MR) is 147 cm³/mol. The van der Waals surface area contributed by atoms with Crippen molar-refractivity contribution in [3.8, 4) is 11.3 Å². The number of nitrogens with zero attached hydrogens (tertiary/aromatic N) is 4. The first-order valence-corrected chi connectivity index (χ1v) is 12.7. The van der Waals surface area contributed by atoms with Crippen LogP contribution in [-0.2, 0) is 11.3 Å². The molecule has 0 saturated carbocycles. The molecule has 4 rings (SSSR count). The van der Waals surface area contributed by atoms with Crippen molar-refractivity contribution in [3.05, 3.63) is 84.1 Å². The van der Waals surface area contributed by atoms with E-state index in [1.807, 2.05) is 80.3 Å².